The molecule has 3 aromatic heterocycles. The third-order valence-electron chi connectivity index (χ3n) is 6.82. The van der Waals surface area contributed by atoms with E-state index in [1.54, 1.807) is 12.4 Å². The third kappa shape index (κ3) is 3.15. The quantitative estimate of drug-likeness (QED) is 0.601. The molecule has 1 spiro atoms. The molecule has 158 valence electrons. The molecular weight excluding hydrogens is 382 g/mol. The van der Waals surface area contributed by atoms with E-state index in [-0.39, 0.29) is 12.1 Å². The van der Waals surface area contributed by atoms with Crippen molar-refractivity contribution in [1.82, 2.24) is 19.5 Å². The van der Waals surface area contributed by atoms with Gasteiger partial charge in [-0.05, 0) is 50.8 Å². The summed E-state index contributed by atoms with van der Waals surface area (Å²) >= 11 is 0. The van der Waals surface area contributed by atoms with Crippen molar-refractivity contribution in [3.05, 3.63) is 48.2 Å². The third-order valence-corrected chi connectivity index (χ3v) is 6.82. The van der Waals surface area contributed by atoms with Crippen LogP contribution >= 0.6 is 0 Å². The second kappa shape index (κ2) is 7.30. The van der Waals surface area contributed by atoms with Crippen molar-refractivity contribution in [2.24, 2.45) is 5.41 Å². The van der Waals surface area contributed by atoms with E-state index >= 15 is 0 Å². The lowest BCUT2D eigenvalue weighted by molar-refractivity contribution is -0.0309. The van der Waals surface area contributed by atoms with Crippen LogP contribution in [-0.4, -0.2) is 54.7 Å². The van der Waals surface area contributed by atoms with Gasteiger partial charge >= 0.3 is 0 Å². The number of aliphatic hydroxyl groups excluding tert-OH is 2. The Hall–Kier alpha value is -2.55. The van der Waals surface area contributed by atoms with E-state index < -0.39 is 17.6 Å². The molecule has 30 heavy (non-hydrogen) atoms. The van der Waals surface area contributed by atoms with Crippen molar-refractivity contribution < 1.29 is 14.9 Å². The lowest BCUT2D eigenvalue weighted by Crippen LogP contribution is -2.37. The highest BCUT2D eigenvalue weighted by molar-refractivity contribution is 5.78. The van der Waals surface area contributed by atoms with Crippen LogP contribution in [0.5, 0.6) is 0 Å². The molecule has 8 heteroatoms. The number of nitrogens with two attached hydrogens (primary N) is 1. The molecule has 4 heterocycles. The fraction of sp³-hybridized carbons (Fsp3) is 0.500. The minimum Gasteiger partial charge on any atom is -0.390 e. The van der Waals surface area contributed by atoms with Crippen LogP contribution in [-0.2, 0) is 11.2 Å². The summed E-state index contributed by atoms with van der Waals surface area (Å²) in [7, 11) is 0. The van der Waals surface area contributed by atoms with E-state index in [4.69, 9.17) is 10.5 Å². The van der Waals surface area contributed by atoms with Gasteiger partial charge in [-0.3, -0.25) is 0 Å². The number of aryl methyl sites for hydroxylation is 2. The van der Waals surface area contributed by atoms with E-state index in [0.717, 1.165) is 41.7 Å². The maximum absolute atomic E-state index is 11.0. The summed E-state index contributed by atoms with van der Waals surface area (Å²) in [5, 5.41) is 22.9. The minimum atomic E-state index is -0.867. The zero-order chi connectivity index (χ0) is 20.9. The maximum Gasteiger partial charge on any atom is 0.143 e. The van der Waals surface area contributed by atoms with Crippen molar-refractivity contribution in [1.29, 1.82) is 0 Å². The van der Waals surface area contributed by atoms with Gasteiger partial charge in [0.25, 0.3) is 0 Å². The summed E-state index contributed by atoms with van der Waals surface area (Å²) in [5.41, 5.74) is 7.96. The summed E-state index contributed by atoms with van der Waals surface area (Å²) in [6.45, 7) is 2.39. The number of nitrogen functional groups attached to an aromatic ring is 1. The average molecular weight is 409 g/mol. The van der Waals surface area contributed by atoms with E-state index in [0.29, 0.717) is 18.8 Å². The van der Waals surface area contributed by atoms with Crippen LogP contribution in [0.4, 0.5) is 5.82 Å². The number of pyridine rings is 1. The molecule has 1 saturated carbocycles. The predicted octanol–water partition coefficient (Wildman–Crippen LogP) is 1.79. The van der Waals surface area contributed by atoms with Crippen LogP contribution < -0.4 is 5.73 Å². The molecule has 5 atom stereocenters. The van der Waals surface area contributed by atoms with E-state index in [1.165, 1.54) is 0 Å². The van der Waals surface area contributed by atoms with E-state index in [2.05, 4.69) is 15.0 Å². The summed E-state index contributed by atoms with van der Waals surface area (Å²) < 4.78 is 8.05. The number of nitrogens with zero attached hydrogens (tertiary/aromatic N) is 4. The highest BCUT2D eigenvalue weighted by Crippen LogP contribution is 2.52. The smallest absolute Gasteiger partial charge is 0.143 e. The summed E-state index contributed by atoms with van der Waals surface area (Å²) in [6.07, 6.45) is 4.75. The number of ether oxygens (including phenoxy) is 1. The zero-order valence-corrected chi connectivity index (χ0v) is 17.0. The van der Waals surface area contributed by atoms with Gasteiger partial charge in [-0.25, -0.2) is 15.0 Å². The Morgan fingerprint density at radius 2 is 2.10 bits per heavy atom. The molecule has 0 bridgehead atoms. The molecule has 0 unspecified atom stereocenters. The Bertz CT molecular complexity index is 1070. The second-order valence-electron chi connectivity index (χ2n) is 8.72. The highest BCUT2D eigenvalue weighted by Gasteiger charge is 2.57. The standard InChI is InChI=1S/C22H27N5O3/c1-13-16-7-8-27(21(16)25-12-24-13)17-10-22(20(29)19(17)28)9-15(30-11-22)6-5-14-3-2-4-18(23)26-14/h2-4,7-8,12,15,17,19-20,28-29H,5-6,9-11H2,1H3,(H2,23,26)/t15-,17+,19-,20-,22-/m0/s1. The summed E-state index contributed by atoms with van der Waals surface area (Å²) in [5.74, 6) is 0.520. The van der Waals surface area contributed by atoms with Crippen molar-refractivity contribution >= 4 is 16.9 Å². The lowest BCUT2D eigenvalue weighted by atomic mass is 9.80. The van der Waals surface area contributed by atoms with E-state index in [9.17, 15) is 10.2 Å². The number of hydrogen-bond acceptors (Lipinski definition) is 7. The van der Waals surface area contributed by atoms with Crippen LogP contribution in [0.1, 0.15) is 36.7 Å². The monoisotopic (exact) mass is 409 g/mol. The number of hydrogen-bond donors (Lipinski definition) is 3. The first-order chi connectivity index (χ1) is 14.5. The normalized spacial score (nSPS) is 31.2. The topological polar surface area (TPSA) is 119 Å². The van der Waals surface area contributed by atoms with Gasteiger partial charge in [0.15, 0.2) is 0 Å². The van der Waals surface area contributed by atoms with Gasteiger partial charge in [0, 0.05) is 22.7 Å². The van der Waals surface area contributed by atoms with Gasteiger partial charge < -0.3 is 25.3 Å². The van der Waals surface area contributed by atoms with Crippen LogP contribution in [0.25, 0.3) is 11.0 Å². The highest BCUT2D eigenvalue weighted by atomic mass is 16.5. The molecule has 5 rings (SSSR count). The first-order valence-electron chi connectivity index (χ1n) is 10.4. The molecular formula is C22H27N5O3. The van der Waals surface area contributed by atoms with Gasteiger partial charge in [0.05, 0.1) is 30.6 Å². The van der Waals surface area contributed by atoms with Gasteiger partial charge in [-0.2, -0.15) is 0 Å². The van der Waals surface area contributed by atoms with Crippen molar-refractivity contribution in [3.63, 3.8) is 0 Å². The van der Waals surface area contributed by atoms with Gasteiger partial charge in [-0.15, -0.1) is 0 Å². The zero-order valence-electron chi connectivity index (χ0n) is 17.0. The molecule has 3 aromatic rings. The Balaban J connectivity index is 1.32. The molecule has 4 N–H and O–H groups in total. The first kappa shape index (κ1) is 19.4. The fourth-order valence-electron chi connectivity index (χ4n) is 5.19. The van der Waals surface area contributed by atoms with Crippen LogP contribution in [0.2, 0.25) is 0 Å². The molecule has 8 nitrogen and oxygen atoms in total. The van der Waals surface area contributed by atoms with Crippen molar-refractivity contribution in [2.75, 3.05) is 12.3 Å². The predicted molar refractivity (Wildman–Crippen MR) is 112 cm³/mol. The molecule has 1 saturated heterocycles. The fourth-order valence-corrected chi connectivity index (χ4v) is 5.19. The van der Waals surface area contributed by atoms with Gasteiger partial charge in [-0.1, -0.05) is 6.07 Å². The largest absolute Gasteiger partial charge is 0.390 e. The second-order valence-corrected chi connectivity index (χ2v) is 8.72. The molecule has 2 fully saturated rings. The SMILES string of the molecule is Cc1ncnc2c1ccn2[C@@H]1C[C@@]2(CO[C@@H](CCc3cccc(N)n3)C2)[C@@H](O)[C@H]1O. The summed E-state index contributed by atoms with van der Waals surface area (Å²) in [4.78, 5) is 13.0. The molecule has 1 aliphatic carbocycles. The Kier molecular flexibility index (Phi) is 4.72. The Labute approximate surface area is 174 Å². The molecule has 0 radical (unpaired) electrons. The average Bonchev–Trinajstić information content (AvgIpc) is 3.41. The number of fused-ring (bicyclic) bond motifs is 1. The minimum absolute atomic E-state index is 0.0276. The van der Waals surface area contributed by atoms with Gasteiger partial charge in [0.1, 0.15) is 23.9 Å². The Morgan fingerprint density at radius 3 is 2.93 bits per heavy atom. The first-order valence-corrected chi connectivity index (χ1v) is 10.4. The van der Waals surface area contributed by atoms with Crippen molar-refractivity contribution in [3.8, 4) is 0 Å². The molecule has 1 aliphatic heterocycles. The van der Waals surface area contributed by atoms with Crippen LogP contribution in [0.3, 0.4) is 0 Å². The van der Waals surface area contributed by atoms with Crippen LogP contribution in [0, 0.1) is 12.3 Å². The molecule has 0 amide bonds. The molecule has 0 aromatic carbocycles. The van der Waals surface area contributed by atoms with Gasteiger partial charge in [0.2, 0.25) is 0 Å². The Morgan fingerprint density at radius 1 is 1.23 bits per heavy atom. The maximum atomic E-state index is 11.0. The molecule has 2 aliphatic rings. The van der Waals surface area contributed by atoms with Crippen molar-refractivity contribution in [2.45, 2.75) is 57.0 Å². The number of aromatic nitrogens is 4. The number of rotatable bonds is 4. The number of aliphatic hydroxyl groups is 2. The lowest BCUT2D eigenvalue weighted by Gasteiger charge is -2.26. The van der Waals surface area contributed by atoms with E-state index in [1.807, 2.05) is 35.9 Å². The summed E-state index contributed by atoms with van der Waals surface area (Å²) in [6, 6.07) is 7.37. The number of anilines is 1. The van der Waals surface area contributed by atoms with Crippen LogP contribution in [0.15, 0.2) is 36.8 Å².